The van der Waals surface area contributed by atoms with Crippen LogP contribution in [-0.2, 0) is 17.8 Å². The summed E-state index contributed by atoms with van der Waals surface area (Å²) in [6, 6.07) is 20.8. The third-order valence-electron chi connectivity index (χ3n) is 5.42. The van der Waals surface area contributed by atoms with E-state index in [2.05, 4.69) is 11.9 Å². The highest BCUT2D eigenvalue weighted by molar-refractivity contribution is 6.09. The summed E-state index contributed by atoms with van der Waals surface area (Å²) in [4.78, 5) is 12.8. The molecule has 0 aliphatic rings. The number of hydrogen-bond donors (Lipinski definition) is 1. The lowest BCUT2D eigenvalue weighted by Gasteiger charge is -2.17. The van der Waals surface area contributed by atoms with E-state index >= 15 is 0 Å². The number of anilines is 1. The zero-order chi connectivity index (χ0) is 26.6. The van der Waals surface area contributed by atoms with Crippen molar-refractivity contribution in [2.24, 2.45) is 0 Å². The fourth-order valence-corrected chi connectivity index (χ4v) is 3.66. The zero-order valence-electron chi connectivity index (χ0n) is 21.5. The molecule has 0 aliphatic heterocycles. The summed E-state index contributed by atoms with van der Waals surface area (Å²) in [5.74, 6) is 1.37. The molecule has 6 heteroatoms. The number of nitrogens with one attached hydrogen (secondary N) is 1. The third-order valence-corrected chi connectivity index (χ3v) is 5.42. The van der Waals surface area contributed by atoms with Crippen LogP contribution in [0.1, 0.15) is 36.1 Å². The Morgan fingerprint density at radius 1 is 1.00 bits per heavy atom. The molecule has 0 unspecified atom stereocenters. The maximum absolute atomic E-state index is 12.8. The molecule has 0 saturated carbocycles. The first-order valence-corrected chi connectivity index (χ1v) is 12.2. The van der Waals surface area contributed by atoms with Gasteiger partial charge in [-0.2, -0.15) is 5.26 Å². The highest BCUT2D eigenvalue weighted by Gasteiger charge is 2.15. The van der Waals surface area contributed by atoms with Gasteiger partial charge >= 0.3 is 0 Å². The first kappa shape index (κ1) is 27.1. The summed E-state index contributed by atoms with van der Waals surface area (Å²) in [5, 5.41) is 12.5. The minimum Gasteiger partial charge on any atom is -0.494 e. The van der Waals surface area contributed by atoms with Gasteiger partial charge in [-0.05, 0) is 80.8 Å². The number of carbonyl (C=O) groups excluding carboxylic acids is 1. The van der Waals surface area contributed by atoms with Gasteiger partial charge in [0.2, 0.25) is 0 Å². The standard InChI is InChI=1S/C31H32N2O4/c1-5-8-25-17-24(18-26(20-32)31(34)33-27-13-15-28(16-14-27)35-6-2)19-29(36-7-3)30(25)37-21-23-11-9-22(4)10-12-23/h5,9-19H,1,6-8,21H2,2-4H3,(H,33,34)/b26-18+. The zero-order valence-corrected chi connectivity index (χ0v) is 21.5. The van der Waals surface area contributed by atoms with Crippen molar-refractivity contribution in [2.75, 3.05) is 18.5 Å². The fraction of sp³-hybridized carbons (Fsp3) is 0.226. The van der Waals surface area contributed by atoms with Gasteiger partial charge in [0.1, 0.15) is 24.0 Å². The molecule has 37 heavy (non-hydrogen) atoms. The quantitative estimate of drug-likeness (QED) is 0.173. The molecule has 0 heterocycles. The molecule has 6 nitrogen and oxygen atoms in total. The van der Waals surface area contributed by atoms with E-state index in [-0.39, 0.29) is 5.57 Å². The van der Waals surface area contributed by atoms with Crippen LogP contribution in [0.3, 0.4) is 0 Å². The van der Waals surface area contributed by atoms with Gasteiger partial charge < -0.3 is 19.5 Å². The predicted octanol–water partition coefficient (Wildman–Crippen LogP) is 6.65. The largest absolute Gasteiger partial charge is 0.494 e. The first-order valence-electron chi connectivity index (χ1n) is 12.2. The van der Waals surface area contributed by atoms with Crippen molar-refractivity contribution in [3.63, 3.8) is 0 Å². The van der Waals surface area contributed by atoms with Crippen molar-refractivity contribution in [1.82, 2.24) is 0 Å². The molecule has 190 valence electrons. The maximum atomic E-state index is 12.8. The van der Waals surface area contributed by atoms with Gasteiger partial charge in [0, 0.05) is 11.3 Å². The second kappa shape index (κ2) is 13.6. The number of nitrogens with zero attached hydrogens (tertiary/aromatic N) is 1. The second-order valence-corrected chi connectivity index (χ2v) is 8.29. The Labute approximate surface area is 218 Å². The highest BCUT2D eigenvalue weighted by atomic mass is 16.5. The molecular weight excluding hydrogens is 464 g/mol. The second-order valence-electron chi connectivity index (χ2n) is 8.29. The molecule has 3 aromatic carbocycles. The highest BCUT2D eigenvalue weighted by Crippen LogP contribution is 2.35. The molecule has 0 saturated heterocycles. The minimum absolute atomic E-state index is 0.0331. The number of carbonyl (C=O) groups is 1. The molecule has 0 aromatic heterocycles. The molecule has 1 N–H and O–H groups in total. The van der Waals surface area contributed by atoms with Crippen molar-refractivity contribution in [3.05, 3.63) is 101 Å². The van der Waals surface area contributed by atoms with Crippen molar-refractivity contribution >= 4 is 17.7 Å². The molecule has 0 aliphatic carbocycles. The number of ether oxygens (including phenoxy) is 3. The molecule has 0 spiro atoms. The fourth-order valence-electron chi connectivity index (χ4n) is 3.66. The molecule has 3 aromatic rings. The lowest BCUT2D eigenvalue weighted by molar-refractivity contribution is -0.112. The van der Waals surface area contributed by atoms with Crippen LogP contribution in [0, 0.1) is 18.3 Å². The number of amides is 1. The molecular formula is C31H32N2O4. The van der Waals surface area contributed by atoms with E-state index in [1.807, 2.05) is 57.2 Å². The van der Waals surface area contributed by atoms with Crippen LogP contribution in [-0.4, -0.2) is 19.1 Å². The summed E-state index contributed by atoms with van der Waals surface area (Å²) in [7, 11) is 0. The van der Waals surface area contributed by atoms with E-state index in [1.165, 1.54) is 5.56 Å². The first-order chi connectivity index (χ1) is 18.0. The van der Waals surface area contributed by atoms with Crippen LogP contribution in [0.2, 0.25) is 0 Å². The van der Waals surface area contributed by atoms with E-state index in [0.717, 1.165) is 11.1 Å². The van der Waals surface area contributed by atoms with E-state index in [4.69, 9.17) is 14.2 Å². The van der Waals surface area contributed by atoms with Crippen LogP contribution in [0.4, 0.5) is 5.69 Å². The summed E-state index contributed by atoms with van der Waals surface area (Å²) in [5.41, 5.74) is 4.26. The van der Waals surface area contributed by atoms with E-state index in [1.54, 1.807) is 42.5 Å². The van der Waals surface area contributed by atoms with Gasteiger partial charge in [0.05, 0.1) is 13.2 Å². The van der Waals surface area contributed by atoms with Crippen LogP contribution in [0.15, 0.2) is 78.9 Å². The average Bonchev–Trinajstić information content (AvgIpc) is 2.89. The molecule has 0 atom stereocenters. The van der Waals surface area contributed by atoms with Crippen molar-refractivity contribution in [1.29, 1.82) is 5.26 Å². The van der Waals surface area contributed by atoms with Crippen LogP contribution >= 0.6 is 0 Å². The van der Waals surface area contributed by atoms with Gasteiger partial charge in [-0.25, -0.2) is 0 Å². The lowest BCUT2D eigenvalue weighted by atomic mass is 10.0. The molecule has 3 rings (SSSR count). The molecule has 0 fully saturated rings. The van der Waals surface area contributed by atoms with Crippen LogP contribution < -0.4 is 19.5 Å². The SMILES string of the molecule is C=CCc1cc(/C=C(\C#N)C(=O)Nc2ccc(OCC)cc2)cc(OCC)c1OCc1ccc(C)cc1. The smallest absolute Gasteiger partial charge is 0.266 e. The van der Waals surface area contributed by atoms with Crippen LogP contribution in [0.25, 0.3) is 6.08 Å². The predicted molar refractivity (Wildman–Crippen MR) is 147 cm³/mol. The van der Waals surface area contributed by atoms with E-state index < -0.39 is 5.91 Å². The third kappa shape index (κ3) is 7.74. The Bertz CT molecular complexity index is 1290. The number of allylic oxidation sites excluding steroid dienone is 1. The summed E-state index contributed by atoms with van der Waals surface area (Å²) >= 11 is 0. The number of nitriles is 1. The summed E-state index contributed by atoms with van der Waals surface area (Å²) in [6.07, 6.45) is 3.86. The lowest BCUT2D eigenvalue weighted by Crippen LogP contribution is -2.13. The Balaban J connectivity index is 1.87. The van der Waals surface area contributed by atoms with E-state index in [9.17, 15) is 10.1 Å². The maximum Gasteiger partial charge on any atom is 0.266 e. The van der Waals surface area contributed by atoms with Gasteiger partial charge in [-0.1, -0.05) is 35.9 Å². The van der Waals surface area contributed by atoms with Crippen molar-refractivity contribution in [3.8, 4) is 23.3 Å². The number of hydrogen-bond acceptors (Lipinski definition) is 5. The van der Waals surface area contributed by atoms with Crippen molar-refractivity contribution < 1.29 is 19.0 Å². The summed E-state index contributed by atoms with van der Waals surface area (Å²) < 4.78 is 17.5. The average molecular weight is 497 g/mol. The number of benzene rings is 3. The van der Waals surface area contributed by atoms with Crippen molar-refractivity contribution in [2.45, 2.75) is 33.8 Å². The topological polar surface area (TPSA) is 80.6 Å². The van der Waals surface area contributed by atoms with Gasteiger partial charge in [-0.3, -0.25) is 4.79 Å². The minimum atomic E-state index is -0.505. The van der Waals surface area contributed by atoms with Gasteiger partial charge in [0.25, 0.3) is 5.91 Å². The van der Waals surface area contributed by atoms with Gasteiger partial charge in [0.15, 0.2) is 11.5 Å². The monoisotopic (exact) mass is 496 g/mol. The Morgan fingerprint density at radius 2 is 1.70 bits per heavy atom. The summed E-state index contributed by atoms with van der Waals surface area (Å²) in [6.45, 7) is 11.1. The Morgan fingerprint density at radius 3 is 2.32 bits per heavy atom. The number of rotatable bonds is 12. The Hall–Kier alpha value is -4.50. The normalized spacial score (nSPS) is 10.8. The van der Waals surface area contributed by atoms with Gasteiger partial charge in [-0.15, -0.1) is 6.58 Å². The number of aryl methyl sites for hydroxylation is 1. The molecule has 0 bridgehead atoms. The molecule has 0 radical (unpaired) electrons. The molecule has 1 amide bonds. The van der Waals surface area contributed by atoms with E-state index in [0.29, 0.717) is 54.7 Å². The Kier molecular flexibility index (Phi) is 9.92. The van der Waals surface area contributed by atoms with Crippen LogP contribution in [0.5, 0.6) is 17.2 Å².